The zero-order valence-electron chi connectivity index (χ0n) is 21.1. The Morgan fingerprint density at radius 2 is 1.77 bits per heavy atom. The number of thiocarbonyl (C=S) groups is 1. The lowest BCUT2D eigenvalue weighted by molar-refractivity contribution is 0.122. The molecule has 2 saturated heterocycles. The van der Waals surface area contributed by atoms with Crippen LogP contribution in [0.1, 0.15) is 48.6 Å². The molecule has 0 bridgehead atoms. The molecule has 2 aliphatic rings. The van der Waals surface area contributed by atoms with Crippen molar-refractivity contribution in [3.05, 3.63) is 77.4 Å². The second kappa shape index (κ2) is 9.99. The minimum atomic E-state index is 0.0140. The number of anilines is 1. The van der Waals surface area contributed by atoms with Crippen molar-refractivity contribution in [1.29, 1.82) is 0 Å². The first kappa shape index (κ1) is 23.8. The molecular weight excluding hydrogens is 454 g/mol. The predicted octanol–water partition coefficient (Wildman–Crippen LogP) is 4.95. The molecule has 2 fully saturated rings. The van der Waals surface area contributed by atoms with Crippen LogP contribution in [-0.2, 0) is 4.74 Å². The van der Waals surface area contributed by atoms with Gasteiger partial charge < -0.3 is 24.4 Å². The Hall–Kier alpha value is -2.90. The van der Waals surface area contributed by atoms with Crippen LogP contribution in [0.5, 0.6) is 0 Å². The summed E-state index contributed by atoms with van der Waals surface area (Å²) in [4.78, 5) is 9.43. The van der Waals surface area contributed by atoms with E-state index in [9.17, 15) is 0 Å². The number of nitrogens with zero attached hydrogens (tertiary/aromatic N) is 4. The molecule has 2 atom stereocenters. The summed E-state index contributed by atoms with van der Waals surface area (Å²) < 4.78 is 7.87. The summed E-state index contributed by atoms with van der Waals surface area (Å²) in [7, 11) is 0. The SMILES string of the molecule is Cc1cc([C@H]2[C@@H](c3ccccn3)NC(=S)N2CC(C)C)c(C)n1-c1ccc(N2CCOCC2)cc1. The monoisotopic (exact) mass is 489 g/mol. The number of ether oxygens (including phenoxy) is 1. The van der Waals surface area contributed by atoms with Crippen molar-refractivity contribution in [3.8, 4) is 5.69 Å². The van der Waals surface area contributed by atoms with E-state index >= 15 is 0 Å². The third kappa shape index (κ3) is 4.67. The number of pyridine rings is 1. The Morgan fingerprint density at radius 3 is 2.43 bits per heavy atom. The highest BCUT2D eigenvalue weighted by molar-refractivity contribution is 7.80. The number of morpholine rings is 1. The number of nitrogens with one attached hydrogen (secondary N) is 1. The summed E-state index contributed by atoms with van der Waals surface area (Å²) in [6, 6.07) is 17.5. The Kier molecular flexibility index (Phi) is 6.80. The molecule has 2 aliphatic heterocycles. The van der Waals surface area contributed by atoms with E-state index in [1.807, 2.05) is 12.3 Å². The lowest BCUT2D eigenvalue weighted by atomic mass is 9.96. The molecule has 0 amide bonds. The largest absolute Gasteiger partial charge is 0.378 e. The van der Waals surface area contributed by atoms with E-state index in [2.05, 4.69) is 94.8 Å². The maximum atomic E-state index is 5.83. The van der Waals surface area contributed by atoms with E-state index in [0.29, 0.717) is 5.92 Å². The number of aryl methyl sites for hydroxylation is 1. The van der Waals surface area contributed by atoms with Crippen LogP contribution >= 0.6 is 12.2 Å². The molecule has 1 aromatic carbocycles. The Balaban J connectivity index is 1.51. The van der Waals surface area contributed by atoms with E-state index in [-0.39, 0.29) is 12.1 Å². The molecule has 0 radical (unpaired) electrons. The summed E-state index contributed by atoms with van der Waals surface area (Å²) in [5.74, 6) is 0.496. The topological polar surface area (TPSA) is 45.6 Å². The van der Waals surface area contributed by atoms with E-state index in [1.54, 1.807) is 0 Å². The number of hydrogen-bond acceptors (Lipinski definition) is 4. The van der Waals surface area contributed by atoms with Crippen LogP contribution in [0, 0.1) is 19.8 Å². The third-order valence-corrected chi connectivity index (χ3v) is 7.39. The van der Waals surface area contributed by atoms with Crippen LogP contribution in [0.3, 0.4) is 0 Å². The van der Waals surface area contributed by atoms with Gasteiger partial charge >= 0.3 is 0 Å². The molecule has 6 nitrogen and oxygen atoms in total. The molecular formula is C28H35N5OS. The highest BCUT2D eigenvalue weighted by Crippen LogP contribution is 2.41. The van der Waals surface area contributed by atoms with Gasteiger partial charge in [0, 0.05) is 48.6 Å². The average Bonchev–Trinajstić information content (AvgIpc) is 3.34. The van der Waals surface area contributed by atoms with Gasteiger partial charge in [-0.2, -0.15) is 0 Å². The fourth-order valence-electron chi connectivity index (χ4n) is 5.45. The highest BCUT2D eigenvalue weighted by atomic mass is 32.1. The van der Waals surface area contributed by atoms with Crippen molar-refractivity contribution in [2.75, 3.05) is 37.7 Å². The smallest absolute Gasteiger partial charge is 0.170 e. The second-order valence-corrected chi connectivity index (χ2v) is 10.3. The fraction of sp³-hybridized carbons (Fsp3) is 0.429. The van der Waals surface area contributed by atoms with E-state index in [0.717, 1.165) is 43.7 Å². The van der Waals surface area contributed by atoms with Gasteiger partial charge in [0.25, 0.3) is 0 Å². The van der Waals surface area contributed by atoms with Gasteiger partial charge in [-0.3, -0.25) is 4.98 Å². The predicted molar refractivity (Wildman–Crippen MR) is 145 cm³/mol. The maximum Gasteiger partial charge on any atom is 0.170 e. The van der Waals surface area contributed by atoms with Crippen LogP contribution in [0.2, 0.25) is 0 Å². The number of aromatic nitrogens is 2. The standard InChI is InChI=1S/C28H35N5OS/c1-19(2)18-32-27(26(30-28(32)35)25-7-5-6-12-29-25)24-17-20(3)33(21(24)4)23-10-8-22(9-11-23)31-13-15-34-16-14-31/h5-12,17,19,26-27H,13-16,18H2,1-4H3,(H,30,35)/t26-,27+/m1/s1. The van der Waals surface area contributed by atoms with Crippen molar-refractivity contribution >= 4 is 23.0 Å². The van der Waals surface area contributed by atoms with Gasteiger partial charge in [-0.25, -0.2) is 0 Å². The molecule has 0 aliphatic carbocycles. The zero-order chi connectivity index (χ0) is 24.5. The van der Waals surface area contributed by atoms with Gasteiger partial charge in [0.2, 0.25) is 0 Å². The zero-order valence-corrected chi connectivity index (χ0v) is 21.9. The van der Waals surface area contributed by atoms with Gasteiger partial charge in [0.15, 0.2) is 5.11 Å². The Morgan fingerprint density at radius 1 is 1.06 bits per heavy atom. The van der Waals surface area contributed by atoms with E-state index < -0.39 is 0 Å². The van der Waals surface area contributed by atoms with Crippen molar-refractivity contribution in [2.24, 2.45) is 5.92 Å². The normalized spacial score (nSPS) is 20.5. The molecule has 5 rings (SSSR count). The fourth-order valence-corrected chi connectivity index (χ4v) is 5.77. The summed E-state index contributed by atoms with van der Waals surface area (Å²) >= 11 is 5.83. The molecule has 1 N–H and O–H groups in total. The average molecular weight is 490 g/mol. The van der Waals surface area contributed by atoms with Crippen LogP contribution in [0.4, 0.5) is 5.69 Å². The van der Waals surface area contributed by atoms with Crippen LogP contribution < -0.4 is 10.2 Å². The second-order valence-electron chi connectivity index (χ2n) is 9.95. The summed E-state index contributed by atoms with van der Waals surface area (Å²) in [5.41, 5.74) is 7.21. The van der Waals surface area contributed by atoms with Gasteiger partial charge in [-0.1, -0.05) is 19.9 Å². The third-order valence-electron chi connectivity index (χ3n) is 7.03. The van der Waals surface area contributed by atoms with Gasteiger partial charge in [-0.15, -0.1) is 0 Å². The van der Waals surface area contributed by atoms with Crippen molar-refractivity contribution in [2.45, 2.75) is 39.8 Å². The molecule has 7 heteroatoms. The Bertz CT molecular complexity index is 1170. The van der Waals surface area contributed by atoms with E-state index in [4.69, 9.17) is 17.0 Å². The van der Waals surface area contributed by atoms with Gasteiger partial charge in [0.05, 0.1) is 31.0 Å². The molecule has 0 saturated carbocycles. The lowest BCUT2D eigenvalue weighted by Gasteiger charge is -2.29. The quantitative estimate of drug-likeness (QED) is 0.494. The van der Waals surface area contributed by atoms with Crippen molar-refractivity contribution < 1.29 is 4.74 Å². The van der Waals surface area contributed by atoms with Crippen LogP contribution in [-0.4, -0.2) is 52.4 Å². The molecule has 0 unspecified atom stereocenters. The van der Waals surface area contributed by atoms with Crippen LogP contribution in [0.15, 0.2) is 54.7 Å². The first-order valence-electron chi connectivity index (χ1n) is 12.5. The number of rotatable bonds is 6. The van der Waals surface area contributed by atoms with Gasteiger partial charge in [0.1, 0.15) is 0 Å². The summed E-state index contributed by atoms with van der Waals surface area (Å²) in [6.45, 7) is 13.3. The van der Waals surface area contributed by atoms with Crippen molar-refractivity contribution in [3.63, 3.8) is 0 Å². The molecule has 184 valence electrons. The van der Waals surface area contributed by atoms with Crippen molar-refractivity contribution in [1.82, 2.24) is 19.8 Å². The Labute approximate surface area is 213 Å². The van der Waals surface area contributed by atoms with Gasteiger partial charge in [-0.05, 0) is 80.0 Å². The molecule has 2 aromatic heterocycles. The first-order valence-corrected chi connectivity index (χ1v) is 12.9. The highest BCUT2D eigenvalue weighted by Gasteiger charge is 2.41. The lowest BCUT2D eigenvalue weighted by Crippen LogP contribution is -2.36. The molecule has 0 spiro atoms. The molecule has 35 heavy (non-hydrogen) atoms. The number of hydrogen-bond donors (Lipinski definition) is 1. The van der Waals surface area contributed by atoms with Crippen LogP contribution in [0.25, 0.3) is 5.69 Å². The summed E-state index contributed by atoms with van der Waals surface area (Å²) in [6.07, 6.45) is 1.86. The molecule has 3 aromatic rings. The minimum Gasteiger partial charge on any atom is -0.378 e. The maximum absolute atomic E-state index is 5.83. The molecule has 4 heterocycles. The first-order chi connectivity index (χ1) is 16.9. The number of benzene rings is 1. The summed E-state index contributed by atoms with van der Waals surface area (Å²) in [5, 5.41) is 4.39. The minimum absolute atomic E-state index is 0.0140. The van der Waals surface area contributed by atoms with E-state index in [1.165, 1.54) is 28.3 Å².